The predicted molar refractivity (Wildman–Crippen MR) is 41.6 cm³/mol. The van der Waals surface area contributed by atoms with E-state index >= 15 is 0 Å². The lowest BCUT2D eigenvalue weighted by Gasteiger charge is -1.84. The first kappa shape index (κ1) is 7.63. The van der Waals surface area contributed by atoms with E-state index in [0.29, 0.717) is 0 Å². The number of rotatable bonds is 3. The fourth-order valence-electron chi connectivity index (χ4n) is 0.203. The molecule has 0 radical (unpaired) electrons. The van der Waals surface area contributed by atoms with E-state index in [4.69, 9.17) is 0 Å². The monoisotopic (exact) mass is 173 g/mol. The van der Waals surface area contributed by atoms with Gasteiger partial charge in [0.15, 0.2) is 0 Å². The Morgan fingerprint density at radius 2 is 2.38 bits per heavy atom. The fourth-order valence-corrected chi connectivity index (χ4v) is 0.390. The topological polar surface area (TPSA) is 12.4 Å². The summed E-state index contributed by atoms with van der Waals surface area (Å²) in [4.78, 5) is 3.51. The van der Waals surface area contributed by atoms with Crippen molar-refractivity contribution in [3.8, 4) is 0 Å². The number of alkyl halides is 1. The first-order valence-corrected chi connectivity index (χ1v) is 3.29. The molecule has 0 bridgehead atoms. The first-order valence-electron chi connectivity index (χ1n) is 2.17. The van der Waals surface area contributed by atoms with Gasteiger partial charge in [-0.3, -0.25) is 4.99 Å². The molecule has 0 atom stereocenters. The minimum Gasteiger partial charge on any atom is -0.273 e. The Morgan fingerprint density at radius 3 is 2.75 bits per heavy atom. The van der Waals surface area contributed by atoms with Crippen LogP contribution in [0.4, 0.5) is 0 Å². The van der Waals surface area contributed by atoms with Gasteiger partial charge in [0, 0.05) is 11.5 Å². The van der Waals surface area contributed by atoms with Gasteiger partial charge in [-0.2, -0.15) is 0 Å². The average molecular weight is 174 g/mol. The number of halogens is 1. The van der Waals surface area contributed by atoms with Crippen molar-refractivity contribution in [2.75, 3.05) is 5.33 Å². The Labute approximate surface area is 57.9 Å². The van der Waals surface area contributed by atoms with Crippen molar-refractivity contribution < 1.29 is 0 Å². The van der Waals surface area contributed by atoms with E-state index in [2.05, 4.69) is 34.2 Å². The lowest BCUT2D eigenvalue weighted by molar-refractivity contribution is 1.53. The van der Waals surface area contributed by atoms with Crippen LogP contribution < -0.4 is 0 Å². The van der Waals surface area contributed by atoms with Crippen molar-refractivity contribution in [1.29, 1.82) is 0 Å². The Bertz CT molecular complexity index is 116. The molecule has 44 valence electrons. The second-order valence-corrected chi connectivity index (χ2v) is 1.85. The van der Waals surface area contributed by atoms with Crippen molar-refractivity contribution in [3.05, 3.63) is 24.4 Å². The molecule has 1 nitrogen and oxygen atoms in total. The summed E-state index contributed by atoms with van der Waals surface area (Å²) in [5.74, 6) is 0. The zero-order chi connectivity index (χ0) is 6.41. The van der Waals surface area contributed by atoms with Gasteiger partial charge in [0.1, 0.15) is 0 Å². The van der Waals surface area contributed by atoms with E-state index in [9.17, 15) is 0 Å². The molecule has 2 heteroatoms. The van der Waals surface area contributed by atoms with Crippen molar-refractivity contribution in [3.63, 3.8) is 0 Å². The van der Waals surface area contributed by atoms with Crippen LogP contribution in [0.3, 0.4) is 0 Å². The number of aliphatic imine (C=N–C) groups is 1. The molecule has 0 aromatic carbocycles. The summed E-state index contributed by atoms with van der Waals surface area (Å²) in [5.41, 5.74) is 0.998. The van der Waals surface area contributed by atoms with Crippen molar-refractivity contribution in [1.82, 2.24) is 0 Å². The van der Waals surface area contributed by atoms with Crippen LogP contribution in [0.15, 0.2) is 29.4 Å². The highest BCUT2D eigenvalue weighted by molar-refractivity contribution is 9.09. The van der Waals surface area contributed by atoms with Crippen LogP contribution in [0.5, 0.6) is 0 Å². The maximum Gasteiger partial charge on any atom is 0.0277 e. The zero-order valence-electron chi connectivity index (χ0n) is 4.60. The third kappa shape index (κ3) is 3.81. The summed E-state index contributed by atoms with van der Waals surface area (Å²) >= 11 is 3.23. The summed E-state index contributed by atoms with van der Waals surface area (Å²) in [5, 5.41) is 0.791. The van der Waals surface area contributed by atoms with Gasteiger partial charge in [-0.05, 0) is 18.4 Å². The standard InChI is InChI=1S/C6H8BrN/c1-6(5-7)3-4-8-2/h3-4H,1-2,5H2/b4-3-. The number of nitrogens with zero attached hydrogens (tertiary/aromatic N) is 1. The molecule has 0 aromatic heterocycles. The lowest BCUT2D eigenvalue weighted by Crippen LogP contribution is -1.70. The maximum absolute atomic E-state index is 3.69. The Hall–Kier alpha value is -0.370. The van der Waals surface area contributed by atoms with Crippen LogP contribution in [0.2, 0.25) is 0 Å². The van der Waals surface area contributed by atoms with E-state index in [1.165, 1.54) is 0 Å². The summed E-state index contributed by atoms with van der Waals surface area (Å²) in [6, 6.07) is 0. The molecule has 0 aromatic rings. The highest BCUT2D eigenvalue weighted by Crippen LogP contribution is 1.96. The molecule has 0 unspecified atom stereocenters. The molecule has 0 rings (SSSR count). The molecular formula is C6H8BrN. The molecule has 0 saturated heterocycles. The number of hydrogen-bond acceptors (Lipinski definition) is 1. The molecule has 0 heterocycles. The van der Waals surface area contributed by atoms with Crippen LogP contribution >= 0.6 is 15.9 Å². The van der Waals surface area contributed by atoms with Crippen LogP contribution in [-0.2, 0) is 0 Å². The van der Waals surface area contributed by atoms with Gasteiger partial charge >= 0.3 is 0 Å². The molecular weight excluding hydrogens is 166 g/mol. The van der Waals surface area contributed by atoms with Gasteiger partial charge in [-0.25, -0.2) is 0 Å². The van der Waals surface area contributed by atoms with Gasteiger partial charge < -0.3 is 0 Å². The van der Waals surface area contributed by atoms with Crippen molar-refractivity contribution in [2.45, 2.75) is 0 Å². The fraction of sp³-hybridized carbons (Fsp3) is 0.167. The SMILES string of the molecule is C=N/C=C\C(=C)CBr. The number of hydrogen-bond donors (Lipinski definition) is 0. The second-order valence-electron chi connectivity index (χ2n) is 1.29. The average Bonchev–Trinajstić information content (AvgIpc) is 1.83. The van der Waals surface area contributed by atoms with Gasteiger partial charge in [0.25, 0.3) is 0 Å². The second kappa shape index (κ2) is 4.78. The Balaban J connectivity index is 3.52. The minimum atomic E-state index is 0.791. The zero-order valence-corrected chi connectivity index (χ0v) is 6.19. The number of allylic oxidation sites excluding steroid dienone is 2. The van der Waals surface area contributed by atoms with E-state index < -0.39 is 0 Å². The van der Waals surface area contributed by atoms with Gasteiger partial charge in [0.2, 0.25) is 0 Å². The summed E-state index contributed by atoms with van der Waals surface area (Å²) < 4.78 is 0. The highest BCUT2D eigenvalue weighted by Gasteiger charge is 1.78. The third-order valence-corrected chi connectivity index (χ3v) is 1.31. The molecule has 0 spiro atoms. The van der Waals surface area contributed by atoms with E-state index in [-0.39, 0.29) is 0 Å². The highest BCUT2D eigenvalue weighted by atomic mass is 79.9. The molecule has 0 N–H and O–H groups in total. The van der Waals surface area contributed by atoms with Crippen LogP contribution in [0.25, 0.3) is 0 Å². The first-order chi connectivity index (χ1) is 3.81. The molecule has 0 amide bonds. The molecule has 0 aliphatic heterocycles. The molecule has 0 aliphatic carbocycles. The van der Waals surface area contributed by atoms with Gasteiger partial charge in [0.05, 0.1) is 0 Å². The van der Waals surface area contributed by atoms with E-state index in [1.807, 2.05) is 6.08 Å². The Kier molecular flexibility index (Phi) is 4.56. The molecule has 8 heavy (non-hydrogen) atoms. The van der Waals surface area contributed by atoms with Crippen LogP contribution in [0.1, 0.15) is 0 Å². The van der Waals surface area contributed by atoms with Crippen LogP contribution in [0, 0.1) is 0 Å². The summed E-state index contributed by atoms with van der Waals surface area (Å²) in [6.45, 7) is 6.96. The van der Waals surface area contributed by atoms with E-state index in [0.717, 1.165) is 10.9 Å². The third-order valence-electron chi connectivity index (χ3n) is 0.587. The normalized spacial score (nSPS) is 9.62. The maximum atomic E-state index is 3.69. The minimum absolute atomic E-state index is 0.791. The van der Waals surface area contributed by atoms with Gasteiger partial charge in [-0.15, -0.1) is 0 Å². The quantitative estimate of drug-likeness (QED) is 0.353. The van der Waals surface area contributed by atoms with Crippen molar-refractivity contribution >= 4 is 22.6 Å². The molecule has 0 saturated carbocycles. The molecule has 0 fully saturated rings. The molecule has 0 aliphatic rings. The van der Waals surface area contributed by atoms with Gasteiger partial charge in [-0.1, -0.05) is 22.5 Å². The predicted octanol–water partition coefficient (Wildman–Crippen LogP) is 2.15. The largest absolute Gasteiger partial charge is 0.273 e. The van der Waals surface area contributed by atoms with Crippen molar-refractivity contribution in [2.24, 2.45) is 4.99 Å². The smallest absolute Gasteiger partial charge is 0.0277 e. The summed E-state index contributed by atoms with van der Waals surface area (Å²) in [7, 11) is 0. The van der Waals surface area contributed by atoms with E-state index in [1.54, 1.807) is 6.20 Å². The van der Waals surface area contributed by atoms with Crippen LogP contribution in [-0.4, -0.2) is 12.0 Å². The Morgan fingerprint density at radius 1 is 1.75 bits per heavy atom. The lowest BCUT2D eigenvalue weighted by atomic mass is 10.3. The summed E-state index contributed by atoms with van der Waals surface area (Å²) in [6.07, 6.45) is 3.42.